The summed E-state index contributed by atoms with van der Waals surface area (Å²) in [5, 5.41) is 3.17. The van der Waals surface area contributed by atoms with Gasteiger partial charge in [0, 0.05) is 13.1 Å². The van der Waals surface area contributed by atoms with Gasteiger partial charge in [-0.25, -0.2) is 0 Å². The van der Waals surface area contributed by atoms with E-state index in [0.29, 0.717) is 12.5 Å². The fourth-order valence-electron chi connectivity index (χ4n) is 2.61. The van der Waals surface area contributed by atoms with Gasteiger partial charge in [-0.1, -0.05) is 35.9 Å². The third-order valence-corrected chi connectivity index (χ3v) is 4.04. The van der Waals surface area contributed by atoms with Gasteiger partial charge in [-0.2, -0.15) is 0 Å². The van der Waals surface area contributed by atoms with E-state index in [2.05, 4.69) is 54.5 Å². The third kappa shape index (κ3) is 5.61. The van der Waals surface area contributed by atoms with E-state index in [4.69, 9.17) is 10.5 Å². The van der Waals surface area contributed by atoms with Gasteiger partial charge in [0.15, 0.2) is 5.96 Å². The van der Waals surface area contributed by atoms with Gasteiger partial charge in [0.2, 0.25) is 0 Å². The molecule has 0 atom stereocenters. The quantitative estimate of drug-likeness (QED) is 0.608. The predicted octanol–water partition coefficient (Wildman–Crippen LogP) is 3.00. The molecule has 0 aliphatic heterocycles. The standard InChI is InChI=1S/C20H27N3O/c1-15-4-7-18(16(2)14-15)11-13-23-20(21)22-12-10-17-5-8-19(24-3)9-6-17/h4-9,14H,10-13H2,1-3H3,(H3,21,22,23). The van der Waals surface area contributed by atoms with Crippen LogP contribution in [0.4, 0.5) is 0 Å². The van der Waals surface area contributed by atoms with Crippen LogP contribution in [0.5, 0.6) is 5.75 Å². The molecule has 0 aliphatic carbocycles. The minimum atomic E-state index is 0.508. The van der Waals surface area contributed by atoms with E-state index in [1.807, 2.05) is 12.1 Å². The van der Waals surface area contributed by atoms with Gasteiger partial charge in [0.1, 0.15) is 5.75 Å². The Morgan fingerprint density at radius 1 is 1.08 bits per heavy atom. The van der Waals surface area contributed by atoms with Crippen molar-refractivity contribution in [2.45, 2.75) is 26.7 Å². The second-order valence-corrected chi connectivity index (χ2v) is 5.97. The zero-order valence-corrected chi connectivity index (χ0v) is 14.8. The number of nitrogens with one attached hydrogen (secondary N) is 1. The van der Waals surface area contributed by atoms with Gasteiger partial charge in [0.05, 0.1) is 7.11 Å². The van der Waals surface area contributed by atoms with Crippen LogP contribution < -0.4 is 15.8 Å². The van der Waals surface area contributed by atoms with Crippen molar-refractivity contribution in [2.75, 3.05) is 20.2 Å². The van der Waals surface area contributed by atoms with Crippen LogP contribution in [0.2, 0.25) is 0 Å². The Labute approximate surface area is 144 Å². The van der Waals surface area contributed by atoms with Crippen LogP contribution >= 0.6 is 0 Å². The van der Waals surface area contributed by atoms with Crippen LogP contribution in [0.25, 0.3) is 0 Å². The van der Waals surface area contributed by atoms with Crippen molar-refractivity contribution in [1.82, 2.24) is 5.32 Å². The molecule has 24 heavy (non-hydrogen) atoms. The second kappa shape index (κ2) is 8.96. The Morgan fingerprint density at radius 3 is 2.50 bits per heavy atom. The minimum absolute atomic E-state index is 0.508. The number of hydrogen-bond donors (Lipinski definition) is 2. The Morgan fingerprint density at radius 2 is 1.83 bits per heavy atom. The highest BCUT2D eigenvalue weighted by molar-refractivity contribution is 5.77. The summed E-state index contributed by atoms with van der Waals surface area (Å²) in [5.74, 6) is 1.38. The lowest BCUT2D eigenvalue weighted by Gasteiger charge is -2.08. The molecule has 0 aromatic heterocycles. The van der Waals surface area contributed by atoms with Crippen molar-refractivity contribution in [3.05, 3.63) is 64.7 Å². The molecule has 0 saturated heterocycles. The highest BCUT2D eigenvalue weighted by Crippen LogP contribution is 2.12. The Bertz CT molecular complexity index is 678. The van der Waals surface area contributed by atoms with Crippen LogP contribution in [0.15, 0.2) is 47.5 Å². The lowest BCUT2D eigenvalue weighted by atomic mass is 10.0. The maximum absolute atomic E-state index is 5.93. The maximum Gasteiger partial charge on any atom is 0.188 e. The van der Waals surface area contributed by atoms with Crippen molar-refractivity contribution in [3.8, 4) is 5.75 Å². The number of guanidine groups is 1. The zero-order chi connectivity index (χ0) is 17.4. The molecule has 2 rings (SSSR count). The van der Waals surface area contributed by atoms with E-state index in [1.165, 1.54) is 22.3 Å². The molecule has 0 fully saturated rings. The molecule has 0 amide bonds. The number of benzene rings is 2. The molecular weight excluding hydrogens is 298 g/mol. The number of hydrogen-bond acceptors (Lipinski definition) is 2. The summed E-state index contributed by atoms with van der Waals surface area (Å²) in [6.07, 6.45) is 1.81. The molecule has 0 spiro atoms. The molecule has 2 aromatic rings. The molecule has 4 heteroatoms. The summed E-state index contributed by atoms with van der Waals surface area (Å²) in [6, 6.07) is 14.6. The molecule has 128 valence electrons. The van der Waals surface area contributed by atoms with Crippen molar-refractivity contribution in [1.29, 1.82) is 0 Å². The highest BCUT2D eigenvalue weighted by atomic mass is 16.5. The van der Waals surface area contributed by atoms with Gasteiger partial charge >= 0.3 is 0 Å². The predicted molar refractivity (Wildman–Crippen MR) is 101 cm³/mol. The van der Waals surface area contributed by atoms with E-state index in [9.17, 15) is 0 Å². The molecule has 0 aliphatic rings. The van der Waals surface area contributed by atoms with Gasteiger partial charge in [0.25, 0.3) is 0 Å². The number of aliphatic imine (C=N–C) groups is 1. The third-order valence-electron chi connectivity index (χ3n) is 4.04. The SMILES string of the molecule is COc1ccc(CCNC(N)=NCCc2ccc(C)cc2C)cc1. The van der Waals surface area contributed by atoms with Crippen LogP contribution in [0, 0.1) is 13.8 Å². The number of nitrogens with zero attached hydrogens (tertiary/aromatic N) is 1. The van der Waals surface area contributed by atoms with E-state index in [0.717, 1.165) is 25.1 Å². The molecule has 0 unspecified atom stereocenters. The van der Waals surface area contributed by atoms with Crippen molar-refractivity contribution in [3.63, 3.8) is 0 Å². The van der Waals surface area contributed by atoms with Gasteiger partial charge in [-0.3, -0.25) is 4.99 Å². The smallest absolute Gasteiger partial charge is 0.188 e. The number of aryl methyl sites for hydroxylation is 2. The van der Waals surface area contributed by atoms with Crippen LogP contribution in [-0.4, -0.2) is 26.2 Å². The summed E-state index contributed by atoms with van der Waals surface area (Å²) >= 11 is 0. The van der Waals surface area contributed by atoms with Gasteiger partial charge in [-0.05, 0) is 55.5 Å². The lowest BCUT2D eigenvalue weighted by Crippen LogP contribution is -2.33. The van der Waals surface area contributed by atoms with Crippen LogP contribution in [-0.2, 0) is 12.8 Å². The highest BCUT2D eigenvalue weighted by Gasteiger charge is 1.99. The molecule has 0 radical (unpaired) electrons. The minimum Gasteiger partial charge on any atom is -0.497 e. The Hall–Kier alpha value is -2.49. The van der Waals surface area contributed by atoms with Crippen molar-refractivity contribution in [2.24, 2.45) is 10.7 Å². The summed E-state index contributed by atoms with van der Waals surface area (Å²) < 4.78 is 5.15. The topological polar surface area (TPSA) is 59.6 Å². The van der Waals surface area contributed by atoms with Crippen LogP contribution in [0.3, 0.4) is 0 Å². The number of methoxy groups -OCH3 is 1. The van der Waals surface area contributed by atoms with Crippen molar-refractivity contribution < 1.29 is 4.74 Å². The van der Waals surface area contributed by atoms with Gasteiger partial charge < -0.3 is 15.8 Å². The van der Waals surface area contributed by atoms with E-state index in [-0.39, 0.29) is 0 Å². The number of rotatable bonds is 7. The average Bonchev–Trinajstić information content (AvgIpc) is 2.57. The molecule has 0 bridgehead atoms. The normalized spacial score (nSPS) is 11.4. The first-order valence-electron chi connectivity index (χ1n) is 8.31. The maximum atomic E-state index is 5.93. The van der Waals surface area contributed by atoms with E-state index in [1.54, 1.807) is 7.11 Å². The van der Waals surface area contributed by atoms with Crippen LogP contribution in [0.1, 0.15) is 22.3 Å². The second-order valence-electron chi connectivity index (χ2n) is 5.97. The molecule has 2 aromatic carbocycles. The van der Waals surface area contributed by atoms with E-state index < -0.39 is 0 Å². The average molecular weight is 325 g/mol. The summed E-state index contributed by atoms with van der Waals surface area (Å²) in [5.41, 5.74) is 11.1. The first-order chi connectivity index (χ1) is 11.6. The molecule has 4 nitrogen and oxygen atoms in total. The fraction of sp³-hybridized carbons (Fsp3) is 0.350. The fourth-order valence-corrected chi connectivity index (χ4v) is 2.61. The first kappa shape index (κ1) is 17.9. The lowest BCUT2D eigenvalue weighted by molar-refractivity contribution is 0.414. The Kier molecular flexibility index (Phi) is 6.67. The van der Waals surface area contributed by atoms with E-state index >= 15 is 0 Å². The molecule has 0 heterocycles. The summed E-state index contributed by atoms with van der Waals surface area (Å²) in [7, 11) is 1.67. The zero-order valence-electron chi connectivity index (χ0n) is 14.8. The summed E-state index contributed by atoms with van der Waals surface area (Å²) in [6.45, 7) is 5.72. The monoisotopic (exact) mass is 325 g/mol. The number of nitrogens with two attached hydrogens (primary N) is 1. The largest absolute Gasteiger partial charge is 0.497 e. The Balaban J connectivity index is 1.73. The molecular formula is C20H27N3O. The molecule has 0 saturated carbocycles. The van der Waals surface area contributed by atoms with Crippen molar-refractivity contribution >= 4 is 5.96 Å². The summed E-state index contributed by atoms with van der Waals surface area (Å²) in [4.78, 5) is 4.40. The first-order valence-corrected chi connectivity index (χ1v) is 8.31. The number of ether oxygens (including phenoxy) is 1. The van der Waals surface area contributed by atoms with Gasteiger partial charge in [-0.15, -0.1) is 0 Å². The molecule has 3 N–H and O–H groups in total.